The molecule has 0 fully saturated rings. The molecule has 8 bridgehead atoms. The third kappa shape index (κ3) is 14.2. The van der Waals surface area contributed by atoms with Crippen LogP contribution in [0, 0.1) is 0 Å². The summed E-state index contributed by atoms with van der Waals surface area (Å²) in [4.78, 5) is 82.9. The van der Waals surface area contributed by atoms with Gasteiger partial charge in [0.1, 0.15) is 0 Å². The number of imide groups is 2. The SMILES string of the molecule is CCCCCCCCCCCCCCCCCCC(CCCCCCCCCCC)N1C(=O)c2ccc3c4ccc5c6c(ccc(c7ccc(c2c37)C1=O)c64)C(=O)N(c1ccc(-c2c3nc(c(-c4ccccc4)c4ccc([nH]4)c(-c4ccccc4)c4nc(c(-c6ccccc6)c6ccc2[nH]6)C=C4)C=C3)cc1)C5=O. The van der Waals surface area contributed by atoms with Crippen LogP contribution in [0.3, 0.4) is 0 Å². The van der Waals surface area contributed by atoms with Gasteiger partial charge in [0.05, 0.1) is 28.5 Å². The Labute approximate surface area is 634 Å². The van der Waals surface area contributed by atoms with Crippen LogP contribution in [0.15, 0.2) is 188 Å². The van der Waals surface area contributed by atoms with Crippen LogP contribution in [-0.2, 0) is 0 Å². The van der Waals surface area contributed by atoms with Gasteiger partial charge in [-0.3, -0.25) is 24.1 Å². The lowest BCUT2D eigenvalue weighted by Crippen LogP contribution is -2.47. The standard InChI is InChI=1S/C98H98N6O4/c1-3-5-7-9-11-13-14-15-16-17-18-19-21-23-25-36-44-69(43-35-24-22-20-12-10-8-6-4-2)103-95(105)75-53-49-71-73-51-55-77-94-78(56-52-74(92(73)94)72-50-54-76(96(103)106)93(75)91(71)72)98(108)104(97(77)107)70-47-45-68(46-48-70)90-85-63-61-83(101-85)88(66-39-31-27-32-40-66)81-59-57-79(99-81)87(65-37-29-26-30-38-65)80-58-60-82(100-80)89(67-41-33-28-34-42-67)84-62-64-86(90)102-84/h26-34,37-42,45-64,69,99,102H,3-25,35-36,43-44H2,1-2H3. The number of nitrogens with zero attached hydrogens (tertiary/aromatic N) is 4. The molecule has 4 aliphatic heterocycles. The van der Waals surface area contributed by atoms with Gasteiger partial charge < -0.3 is 9.97 Å². The summed E-state index contributed by atoms with van der Waals surface area (Å²) in [5, 5.41) is 6.47. The van der Waals surface area contributed by atoms with Gasteiger partial charge >= 0.3 is 0 Å². The van der Waals surface area contributed by atoms with Crippen molar-refractivity contribution in [2.75, 3.05) is 4.90 Å². The summed E-state index contributed by atoms with van der Waals surface area (Å²) >= 11 is 0. The Kier molecular flexibility index (Phi) is 21.6. The molecule has 0 saturated carbocycles. The molecule has 10 heteroatoms. The van der Waals surface area contributed by atoms with E-state index in [9.17, 15) is 0 Å². The Morgan fingerprint density at radius 3 is 0.870 bits per heavy atom. The van der Waals surface area contributed by atoms with Crippen molar-refractivity contribution in [3.63, 3.8) is 0 Å². The predicted molar refractivity (Wildman–Crippen MR) is 450 cm³/mol. The van der Waals surface area contributed by atoms with E-state index in [1.807, 2.05) is 91.0 Å². The lowest BCUT2D eigenvalue weighted by molar-refractivity contribution is 0.0516. The Bertz CT molecular complexity index is 5410. The zero-order valence-electron chi connectivity index (χ0n) is 62.8. The fourth-order valence-electron chi connectivity index (χ4n) is 17.9. The first kappa shape index (κ1) is 71.4. The number of unbranched alkanes of at least 4 members (excludes halogenated alkanes) is 23. The van der Waals surface area contributed by atoms with Crippen LogP contribution in [-0.4, -0.2) is 54.5 Å². The van der Waals surface area contributed by atoms with Gasteiger partial charge in [-0.1, -0.05) is 302 Å². The van der Waals surface area contributed by atoms with Gasteiger partial charge in [-0.05, 0) is 152 Å². The zero-order chi connectivity index (χ0) is 73.5. The van der Waals surface area contributed by atoms with E-state index in [2.05, 4.69) is 145 Å². The number of fused-ring (bicyclic) bond motifs is 10. The van der Waals surface area contributed by atoms with Gasteiger partial charge in [0, 0.05) is 83.4 Å². The average molecular weight is 1420 g/mol. The van der Waals surface area contributed by atoms with Crippen molar-refractivity contribution in [1.82, 2.24) is 24.8 Å². The summed E-state index contributed by atoms with van der Waals surface area (Å²) in [6.45, 7) is 4.55. The first-order chi connectivity index (χ1) is 53.3. The number of H-pyrrole nitrogens is 2. The Morgan fingerprint density at radius 1 is 0.287 bits per heavy atom. The molecule has 0 radical (unpaired) electrons. The molecule has 1 atom stereocenters. The molecule has 0 spiro atoms. The van der Waals surface area contributed by atoms with Crippen LogP contribution in [0.1, 0.15) is 251 Å². The maximum atomic E-state index is 15.4. The number of carbonyl (C=O) groups is 4. The van der Waals surface area contributed by atoms with Crippen molar-refractivity contribution in [2.24, 2.45) is 0 Å². The molecule has 16 rings (SSSR count). The van der Waals surface area contributed by atoms with E-state index in [-0.39, 0.29) is 17.9 Å². The lowest BCUT2D eigenvalue weighted by Gasteiger charge is -2.35. The zero-order valence-corrected chi connectivity index (χ0v) is 62.8. The van der Waals surface area contributed by atoms with Gasteiger partial charge in [-0.25, -0.2) is 14.9 Å². The van der Waals surface area contributed by atoms with Gasteiger partial charge in [0.2, 0.25) is 0 Å². The number of carbonyl (C=O) groups excluding carboxylic acids is 4. The number of aromatic nitrogens is 4. The molecule has 2 N–H and O–H groups in total. The Hall–Kier alpha value is -10.8. The molecule has 12 aromatic rings. The highest BCUT2D eigenvalue weighted by Crippen LogP contribution is 2.48. The van der Waals surface area contributed by atoms with E-state index < -0.39 is 11.8 Å². The van der Waals surface area contributed by atoms with Crippen LogP contribution in [0.5, 0.6) is 0 Å². The molecule has 0 saturated heterocycles. The smallest absolute Gasteiger partial charge is 0.265 e. The van der Waals surface area contributed by atoms with Gasteiger partial charge in [-0.15, -0.1) is 0 Å². The van der Waals surface area contributed by atoms with E-state index in [1.54, 1.807) is 4.90 Å². The largest absolute Gasteiger partial charge is 0.354 e. The molecule has 4 aliphatic rings. The summed E-state index contributed by atoms with van der Waals surface area (Å²) in [7, 11) is 0. The lowest BCUT2D eigenvalue weighted by atomic mass is 9.82. The monoisotopic (exact) mass is 1420 g/mol. The number of aromatic amines is 2. The van der Waals surface area contributed by atoms with Gasteiger partial charge in [0.15, 0.2) is 0 Å². The van der Waals surface area contributed by atoms with Crippen molar-refractivity contribution >= 4 is 119 Å². The first-order valence-corrected chi connectivity index (χ1v) is 40.7. The van der Waals surface area contributed by atoms with Crippen LogP contribution >= 0.6 is 0 Å². The van der Waals surface area contributed by atoms with Gasteiger partial charge in [0.25, 0.3) is 23.6 Å². The van der Waals surface area contributed by atoms with Crippen molar-refractivity contribution in [2.45, 2.75) is 193 Å². The van der Waals surface area contributed by atoms with Gasteiger partial charge in [-0.2, -0.15) is 0 Å². The average Bonchev–Trinajstić information content (AvgIpc) is 0.696. The molecule has 10 nitrogen and oxygen atoms in total. The van der Waals surface area contributed by atoms with Crippen LogP contribution in [0.2, 0.25) is 0 Å². The number of benzene rings is 9. The minimum Gasteiger partial charge on any atom is -0.354 e. The molecule has 9 aromatic carbocycles. The maximum Gasteiger partial charge on any atom is 0.265 e. The third-order valence-corrected chi connectivity index (χ3v) is 23.4. The van der Waals surface area contributed by atoms with E-state index in [0.29, 0.717) is 38.7 Å². The number of hydrogen-bond donors (Lipinski definition) is 2. The molecular weight excluding hydrogens is 1330 g/mol. The summed E-state index contributed by atoms with van der Waals surface area (Å²) in [6.07, 6.45) is 41.8. The van der Waals surface area contributed by atoms with E-state index in [0.717, 1.165) is 160 Å². The second-order valence-corrected chi connectivity index (χ2v) is 30.6. The van der Waals surface area contributed by atoms with Crippen LogP contribution in [0.25, 0.3) is 134 Å². The number of anilines is 1. The quantitative estimate of drug-likeness (QED) is 0.0182. The molecule has 3 aromatic heterocycles. The molecule has 7 heterocycles. The number of nitrogens with one attached hydrogen (secondary N) is 2. The highest BCUT2D eigenvalue weighted by Gasteiger charge is 2.40. The van der Waals surface area contributed by atoms with Crippen molar-refractivity contribution in [3.05, 3.63) is 233 Å². The molecular formula is C98H98N6O4. The van der Waals surface area contributed by atoms with E-state index in [1.165, 1.54) is 140 Å². The van der Waals surface area contributed by atoms with E-state index in [4.69, 9.17) is 9.97 Å². The van der Waals surface area contributed by atoms with Crippen LogP contribution < -0.4 is 4.90 Å². The molecule has 4 amide bonds. The molecule has 1 unspecified atom stereocenters. The topological polar surface area (TPSA) is 132 Å². The van der Waals surface area contributed by atoms with Crippen molar-refractivity contribution in [3.8, 4) is 44.5 Å². The fourth-order valence-corrected chi connectivity index (χ4v) is 17.9. The fraction of sp³-hybridized carbons (Fsp3) is 0.306. The third-order valence-electron chi connectivity index (χ3n) is 23.4. The summed E-state index contributed by atoms with van der Waals surface area (Å²) in [6, 6.07) is 62.7. The second kappa shape index (κ2) is 32.7. The normalized spacial score (nSPS) is 13.6. The van der Waals surface area contributed by atoms with Crippen LogP contribution in [0.4, 0.5) is 5.69 Å². The molecule has 0 aliphatic carbocycles. The number of hydrogen-bond acceptors (Lipinski definition) is 6. The predicted octanol–water partition coefficient (Wildman–Crippen LogP) is 26.7. The highest BCUT2D eigenvalue weighted by molar-refractivity contribution is 6.44. The minimum atomic E-state index is -0.417. The Balaban J connectivity index is 0.696. The Morgan fingerprint density at radius 2 is 0.565 bits per heavy atom. The molecule has 544 valence electrons. The highest BCUT2D eigenvalue weighted by atomic mass is 16.2. The summed E-state index contributed by atoms with van der Waals surface area (Å²) in [5.41, 5.74) is 16.7. The van der Waals surface area contributed by atoms with Crippen molar-refractivity contribution in [1.29, 1.82) is 0 Å². The molecule has 108 heavy (non-hydrogen) atoms. The number of amides is 4. The first-order valence-electron chi connectivity index (χ1n) is 40.7. The maximum absolute atomic E-state index is 15.4. The summed E-state index contributed by atoms with van der Waals surface area (Å²) < 4.78 is 0. The van der Waals surface area contributed by atoms with E-state index >= 15 is 19.2 Å². The second-order valence-electron chi connectivity index (χ2n) is 30.6. The summed E-state index contributed by atoms with van der Waals surface area (Å²) in [5.74, 6) is -1.24. The minimum absolute atomic E-state index is 0.173. The van der Waals surface area contributed by atoms with Crippen molar-refractivity contribution < 1.29 is 19.2 Å². The number of rotatable bonds is 33.